The highest BCUT2D eigenvalue weighted by molar-refractivity contribution is 5.18. The molecule has 0 amide bonds. The van der Waals surface area contributed by atoms with Gasteiger partial charge in [-0.1, -0.05) is 0 Å². The van der Waals surface area contributed by atoms with Gasteiger partial charge in [0.05, 0.1) is 0 Å². The number of benzene rings is 1. The number of hydrogen-bond donors (Lipinski definition) is 1. The maximum atomic E-state index is 13.2. The second kappa shape index (κ2) is 5.78. The first-order chi connectivity index (χ1) is 7.13. The van der Waals surface area contributed by atoms with Crippen LogP contribution in [0, 0.1) is 11.6 Å². The molecule has 0 aliphatic heterocycles. The fourth-order valence-corrected chi connectivity index (χ4v) is 1.40. The maximum Gasteiger partial charge on any atom is 0.127 e. The van der Waals surface area contributed by atoms with E-state index in [4.69, 9.17) is 5.73 Å². The fourth-order valence-electron chi connectivity index (χ4n) is 1.40. The maximum absolute atomic E-state index is 13.2. The summed E-state index contributed by atoms with van der Waals surface area (Å²) in [4.78, 5) is 1.92. The summed E-state index contributed by atoms with van der Waals surface area (Å²) < 4.78 is 26.1. The standard InChI is InChI=1S/C11H16F2N2/c1-15(6-2-5-14)8-9-7-10(12)3-4-11(9)13/h3-4,7H,2,5-6,8,14H2,1H3. The van der Waals surface area contributed by atoms with Crippen molar-refractivity contribution < 1.29 is 8.78 Å². The highest BCUT2D eigenvalue weighted by Gasteiger charge is 2.06. The van der Waals surface area contributed by atoms with Gasteiger partial charge in [0.25, 0.3) is 0 Å². The molecule has 2 nitrogen and oxygen atoms in total. The molecule has 1 aromatic carbocycles. The van der Waals surface area contributed by atoms with Crippen molar-refractivity contribution in [2.75, 3.05) is 20.1 Å². The van der Waals surface area contributed by atoms with E-state index in [1.807, 2.05) is 11.9 Å². The Morgan fingerprint density at radius 1 is 1.33 bits per heavy atom. The normalized spacial score (nSPS) is 11.0. The van der Waals surface area contributed by atoms with Crippen LogP contribution in [0.3, 0.4) is 0 Å². The van der Waals surface area contributed by atoms with Crippen molar-refractivity contribution in [1.82, 2.24) is 4.90 Å². The molecule has 0 fully saturated rings. The molecule has 0 aliphatic rings. The molecule has 0 saturated carbocycles. The Morgan fingerprint density at radius 3 is 2.73 bits per heavy atom. The molecular formula is C11H16F2N2. The van der Waals surface area contributed by atoms with Crippen LogP contribution in [0.2, 0.25) is 0 Å². The average molecular weight is 214 g/mol. The van der Waals surface area contributed by atoms with Crippen LogP contribution in [0.15, 0.2) is 18.2 Å². The lowest BCUT2D eigenvalue weighted by Crippen LogP contribution is -2.22. The summed E-state index contributed by atoms with van der Waals surface area (Å²) in [6, 6.07) is 3.51. The lowest BCUT2D eigenvalue weighted by Gasteiger charge is -2.16. The Hall–Kier alpha value is -1.00. The lowest BCUT2D eigenvalue weighted by atomic mass is 10.2. The Kier molecular flexibility index (Phi) is 4.65. The largest absolute Gasteiger partial charge is 0.330 e. The number of rotatable bonds is 5. The molecule has 0 aliphatic carbocycles. The smallest absolute Gasteiger partial charge is 0.127 e. The molecular weight excluding hydrogens is 198 g/mol. The van der Waals surface area contributed by atoms with Gasteiger partial charge < -0.3 is 10.6 Å². The summed E-state index contributed by atoms with van der Waals surface area (Å²) in [5.74, 6) is -0.769. The third-order valence-electron chi connectivity index (χ3n) is 2.19. The van der Waals surface area contributed by atoms with Crippen molar-refractivity contribution in [2.45, 2.75) is 13.0 Å². The number of hydrogen-bond acceptors (Lipinski definition) is 2. The van der Waals surface area contributed by atoms with Crippen LogP contribution in [-0.4, -0.2) is 25.0 Å². The Bertz CT molecular complexity index is 315. The van der Waals surface area contributed by atoms with Crippen LogP contribution >= 0.6 is 0 Å². The van der Waals surface area contributed by atoms with Crippen LogP contribution in [0.4, 0.5) is 8.78 Å². The highest BCUT2D eigenvalue weighted by atomic mass is 19.1. The summed E-state index contributed by atoms with van der Waals surface area (Å²) in [7, 11) is 1.86. The van der Waals surface area contributed by atoms with Gasteiger partial charge in [-0.15, -0.1) is 0 Å². The van der Waals surface area contributed by atoms with Crippen molar-refractivity contribution in [2.24, 2.45) is 5.73 Å². The van der Waals surface area contributed by atoms with Gasteiger partial charge in [-0.2, -0.15) is 0 Å². The molecule has 0 unspecified atom stereocenters. The first-order valence-electron chi connectivity index (χ1n) is 4.96. The van der Waals surface area contributed by atoms with Crippen LogP contribution < -0.4 is 5.73 Å². The zero-order valence-corrected chi connectivity index (χ0v) is 8.84. The second-order valence-corrected chi connectivity index (χ2v) is 3.62. The van der Waals surface area contributed by atoms with Crippen molar-refractivity contribution in [3.05, 3.63) is 35.4 Å². The predicted molar refractivity (Wildman–Crippen MR) is 56.4 cm³/mol. The van der Waals surface area contributed by atoms with E-state index in [0.29, 0.717) is 18.7 Å². The summed E-state index contributed by atoms with van der Waals surface area (Å²) in [5.41, 5.74) is 5.75. The molecule has 0 saturated heterocycles. The minimum atomic E-state index is -0.404. The summed E-state index contributed by atoms with van der Waals surface area (Å²) in [6.45, 7) is 1.80. The summed E-state index contributed by atoms with van der Waals surface area (Å²) in [6.07, 6.45) is 0.855. The highest BCUT2D eigenvalue weighted by Crippen LogP contribution is 2.11. The summed E-state index contributed by atoms with van der Waals surface area (Å²) >= 11 is 0. The zero-order valence-electron chi connectivity index (χ0n) is 8.84. The monoisotopic (exact) mass is 214 g/mol. The minimum Gasteiger partial charge on any atom is -0.330 e. The third-order valence-corrected chi connectivity index (χ3v) is 2.19. The minimum absolute atomic E-state index is 0.365. The van der Waals surface area contributed by atoms with Crippen LogP contribution in [0.1, 0.15) is 12.0 Å². The molecule has 0 bridgehead atoms. The first-order valence-corrected chi connectivity index (χ1v) is 4.96. The second-order valence-electron chi connectivity index (χ2n) is 3.62. The number of nitrogens with two attached hydrogens (primary N) is 1. The quantitative estimate of drug-likeness (QED) is 0.809. The van der Waals surface area contributed by atoms with E-state index >= 15 is 0 Å². The molecule has 0 aromatic heterocycles. The molecule has 0 radical (unpaired) electrons. The molecule has 4 heteroatoms. The van der Waals surface area contributed by atoms with Crippen molar-refractivity contribution in [1.29, 1.82) is 0 Å². The Balaban J connectivity index is 2.59. The van der Waals surface area contributed by atoms with Crippen molar-refractivity contribution in [3.8, 4) is 0 Å². The molecule has 84 valence electrons. The molecule has 15 heavy (non-hydrogen) atoms. The van der Waals surface area contributed by atoms with Gasteiger partial charge in [0.15, 0.2) is 0 Å². The molecule has 1 aromatic rings. The van der Waals surface area contributed by atoms with E-state index in [1.54, 1.807) is 0 Å². The Morgan fingerprint density at radius 2 is 2.07 bits per heavy atom. The molecule has 2 N–H and O–H groups in total. The van der Waals surface area contributed by atoms with Gasteiger partial charge in [-0.05, 0) is 44.8 Å². The van der Waals surface area contributed by atoms with E-state index < -0.39 is 5.82 Å². The molecule has 1 rings (SSSR count). The number of halogens is 2. The van der Waals surface area contributed by atoms with Gasteiger partial charge in [0.2, 0.25) is 0 Å². The van der Waals surface area contributed by atoms with Crippen LogP contribution in [-0.2, 0) is 6.54 Å². The van der Waals surface area contributed by atoms with Gasteiger partial charge in [0.1, 0.15) is 11.6 Å². The van der Waals surface area contributed by atoms with E-state index in [-0.39, 0.29) is 5.82 Å². The summed E-state index contributed by atoms with van der Waals surface area (Å²) in [5, 5.41) is 0. The van der Waals surface area contributed by atoms with Gasteiger partial charge >= 0.3 is 0 Å². The van der Waals surface area contributed by atoms with Gasteiger partial charge in [-0.3, -0.25) is 0 Å². The number of nitrogens with zero attached hydrogens (tertiary/aromatic N) is 1. The van der Waals surface area contributed by atoms with Gasteiger partial charge in [-0.25, -0.2) is 8.78 Å². The lowest BCUT2D eigenvalue weighted by molar-refractivity contribution is 0.318. The molecule has 0 spiro atoms. The topological polar surface area (TPSA) is 29.3 Å². The fraction of sp³-hybridized carbons (Fsp3) is 0.455. The molecule has 0 heterocycles. The SMILES string of the molecule is CN(CCCN)Cc1cc(F)ccc1F. The van der Waals surface area contributed by atoms with Gasteiger partial charge in [0, 0.05) is 12.1 Å². The van der Waals surface area contributed by atoms with Crippen LogP contribution in [0.5, 0.6) is 0 Å². The average Bonchev–Trinajstić information content (AvgIpc) is 2.20. The molecule has 0 atom stereocenters. The first kappa shape index (κ1) is 12.1. The zero-order chi connectivity index (χ0) is 11.3. The van der Waals surface area contributed by atoms with E-state index in [0.717, 1.165) is 25.1 Å². The predicted octanol–water partition coefficient (Wildman–Crippen LogP) is 1.75. The third kappa shape index (κ3) is 3.93. The van der Waals surface area contributed by atoms with E-state index in [1.165, 1.54) is 6.07 Å². The van der Waals surface area contributed by atoms with E-state index in [9.17, 15) is 8.78 Å². The van der Waals surface area contributed by atoms with E-state index in [2.05, 4.69) is 0 Å². The van der Waals surface area contributed by atoms with Crippen molar-refractivity contribution in [3.63, 3.8) is 0 Å². The van der Waals surface area contributed by atoms with Crippen molar-refractivity contribution >= 4 is 0 Å². The van der Waals surface area contributed by atoms with Crippen LogP contribution in [0.25, 0.3) is 0 Å². The Labute approximate surface area is 88.7 Å².